The second-order valence-electron chi connectivity index (χ2n) is 6.27. The van der Waals surface area contributed by atoms with Gasteiger partial charge in [-0.1, -0.05) is 18.2 Å². The van der Waals surface area contributed by atoms with Gasteiger partial charge < -0.3 is 4.74 Å². The minimum atomic E-state index is -0.449. The zero-order chi connectivity index (χ0) is 17.0. The molecule has 2 rings (SSSR count). The van der Waals surface area contributed by atoms with Crippen molar-refractivity contribution in [3.8, 4) is 0 Å². The zero-order valence-electron chi connectivity index (χ0n) is 13.8. The van der Waals surface area contributed by atoms with E-state index in [-0.39, 0.29) is 5.97 Å². The Balaban J connectivity index is 2.27. The first-order valence-corrected chi connectivity index (χ1v) is 7.34. The van der Waals surface area contributed by atoms with Gasteiger partial charge >= 0.3 is 5.97 Å². The number of fused-ring (bicyclic) bond motifs is 1. The molecule has 0 saturated carbocycles. The average molecular weight is 315 g/mol. The molecule has 0 unspecified atom stereocenters. The van der Waals surface area contributed by atoms with Crippen LogP contribution in [0.1, 0.15) is 36.7 Å². The molecule has 1 amide bonds. The van der Waals surface area contributed by atoms with Crippen LogP contribution in [0.2, 0.25) is 0 Å². The number of carbonyl (C=O) groups is 2. The standard InChI is InChI=1S/C18H21NO4/c1-18(2,3)23-19(12-20)11-13-5-6-14-7-8-15(17(21)22-4)10-16(14)9-13/h5-10,12H,11H2,1-4H3. The molecule has 0 aliphatic heterocycles. The Labute approximate surface area is 135 Å². The number of hydrogen-bond donors (Lipinski definition) is 0. The number of ether oxygens (including phenoxy) is 1. The lowest BCUT2D eigenvalue weighted by molar-refractivity contribution is -0.220. The van der Waals surface area contributed by atoms with E-state index in [9.17, 15) is 9.59 Å². The molecule has 0 spiro atoms. The van der Waals surface area contributed by atoms with Crippen LogP contribution in [0.15, 0.2) is 36.4 Å². The fraction of sp³-hybridized carbons (Fsp3) is 0.333. The zero-order valence-corrected chi connectivity index (χ0v) is 13.8. The van der Waals surface area contributed by atoms with E-state index in [1.165, 1.54) is 12.2 Å². The van der Waals surface area contributed by atoms with Crippen LogP contribution in [0.3, 0.4) is 0 Å². The van der Waals surface area contributed by atoms with E-state index < -0.39 is 5.60 Å². The van der Waals surface area contributed by atoms with Crippen molar-refractivity contribution in [3.63, 3.8) is 0 Å². The molecule has 23 heavy (non-hydrogen) atoms. The van der Waals surface area contributed by atoms with Gasteiger partial charge in [-0.25, -0.2) is 9.86 Å². The van der Waals surface area contributed by atoms with Crippen molar-refractivity contribution in [2.45, 2.75) is 32.9 Å². The molecule has 5 heteroatoms. The summed E-state index contributed by atoms with van der Waals surface area (Å²) in [5, 5.41) is 3.19. The Morgan fingerprint density at radius 2 is 1.83 bits per heavy atom. The second kappa shape index (κ2) is 6.79. The fourth-order valence-corrected chi connectivity index (χ4v) is 2.26. The number of benzene rings is 2. The summed E-state index contributed by atoms with van der Waals surface area (Å²) in [5.74, 6) is -0.372. The molecule has 5 nitrogen and oxygen atoms in total. The highest BCUT2D eigenvalue weighted by molar-refractivity contribution is 5.95. The summed E-state index contributed by atoms with van der Waals surface area (Å²) in [7, 11) is 1.36. The SMILES string of the molecule is COC(=O)c1ccc2ccc(CN(C=O)OC(C)(C)C)cc2c1. The molecule has 0 N–H and O–H groups in total. The van der Waals surface area contributed by atoms with Gasteiger partial charge in [0.2, 0.25) is 6.41 Å². The van der Waals surface area contributed by atoms with Crippen LogP contribution >= 0.6 is 0 Å². The highest BCUT2D eigenvalue weighted by Crippen LogP contribution is 2.20. The smallest absolute Gasteiger partial charge is 0.337 e. The van der Waals surface area contributed by atoms with Crippen molar-refractivity contribution in [1.82, 2.24) is 5.06 Å². The molecular formula is C18H21NO4. The van der Waals surface area contributed by atoms with Gasteiger partial charge in [-0.2, -0.15) is 0 Å². The third kappa shape index (κ3) is 4.53. The number of nitrogens with zero attached hydrogens (tertiary/aromatic N) is 1. The highest BCUT2D eigenvalue weighted by Gasteiger charge is 2.16. The van der Waals surface area contributed by atoms with Gasteiger partial charge in [0.05, 0.1) is 24.8 Å². The third-order valence-corrected chi connectivity index (χ3v) is 3.17. The lowest BCUT2D eigenvalue weighted by Gasteiger charge is -2.26. The van der Waals surface area contributed by atoms with Crippen molar-refractivity contribution in [1.29, 1.82) is 0 Å². The number of rotatable bonds is 5. The first kappa shape index (κ1) is 17.0. The van der Waals surface area contributed by atoms with Gasteiger partial charge in [-0.15, -0.1) is 0 Å². The largest absolute Gasteiger partial charge is 0.465 e. The van der Waals surface area contributed by atoms with Gasteiger partial charge in [0, 0.05) is 0 Å². The molecular weight excluding hydrogens is 294 g/mol. The maximum absolute atomic E-state index is 11.6. The number of hydroxylamine groups is 2. The van der Waals surface area contributed by atoms with Gasteiger partial charge in [0.25, 0.3) is 0 Å². The highest BCUT2D eigenvalue weighted by atomic mass is 16.7. The number of amides is 1. The van der Waals surface area contributed by atoms with Crippen molar-refractivity contribution in [2.75, 3.05) is 7.11 Å². The van der Waals surface area contributed by atoms with E-state index in [4.69, 9.17) is 9.57 Å². The molecule has 0 aliphatic rings. The predicted molar refractivity (Wildman–Crippen MR) is 87.7 cm³/mol. The van der Waals surface area contributed by atoms with Crippen molar-refractivity contribution in [2.24, 2.45) is 0 Å². The molecule has 0 aromatic heterocycles. The van der Waals surface area contributed by atoms with E-state index in [1.807, 2.05) is 45.0 Å². The van der Waals surface area contributed by atoms with Crippen LogP contribution in [0, 0.1) is 0 Å². The summed E-state index contributed by atoms with van der Waals surface area (Å²) in [5.41, 5.74) is 0.960. The van der Waals surface area contributed by atoms with E-state index in [2.05, 4.69) is 0 Å². The lowest BCUT2D eigenvalue weighted by Crippen LogP contribution is -2.32. The predicted octanol–water partition coefficient (Wildman–Crippen LogP) is 3.31. The van der Waals surface area contributed by atoms with E-state index in [1.54, 1.807) is 12.1 Å². The quantitative estimate of drug-likeness (QED) is 0.482. The van der Waals surface area contributed by atoms with Gasteiger partial charge in [-0.05, 0) is 55.3 Å². The lowest BCUT2D eigenvalue weighted by atomic mass is 10.0. The van der Waals surface area contributed by atoms with Crippen molar-refractivity contribution < 1.29 is 19.2 Å². The maximum Gasteiger partial charge on any atom is 0.337 e. The molecule has 2 aromatic carbocycles. The topological polar surface area (TPSA) is 55.8 Å². The Hall–Kier alpha value is -2.40. The van der Waals surface area contributed by atoms with Crippen LogP contribution in [0.5, 0.6) is 0 Å². The Bertz CT molecular complexity index is 719. The van der Waals surface area contributed by atoms with E-state index in [0.29, 0.717) is 18.5 Å². The number of carbonyl (C=O) groups excluding carboxylic acids is 2. The van der Waals surface area contributed by atoms with Crippen molar-refractivity contribution in [3.05, 3.63) is 47.5 Å². The monoisotopic (exact) mass is 315 g/mol. The van der Waals surface area contributed by atoms with Crippen LogP contribution < -0.4 is 0 Å². The molecule has 0 bridgehead atoms. The number of esters is 1. The van der Waals surface area contributed by atoms with Gasteiger partial charge in [0.15, 0.2) is 0 Å². The fourth-order valence-electron chi connectivity index (χ4n) is 2.26. The van der Waals surface area contributed by atoms with E-state index in [0.717, 1.165) is 16.3 Å². The third-order valence-electron chi connectivity index (χ3n) is 3.17. The molecule has 2 aromatic rings. The first-order valence-electron chi connectivity index (χ1n) is 7.34. The molecule has 0 fully saturated rings. The number of hydrogen-bond acceptors (Lipinski definition) is 4. The minimum Gasteiger partial charge on any atom is -0.465 e. The molecule has 0 saturated heterocycles. The summed E-state index contributed by atoms with van der Waals surface area (Å²) < 4.78 is 4.74. The number of methoxy groups -OCH3 is 1. The van der Waals surface area contributed by atoms with Crippen LogP contribution in [-0.4, -0.2) is 30.2 Å². The Morgan fingerprint density at radius 3 is 2.43 bits per heavy atom. The first-order chi connectivity index (χ1) is 10.8. The molecule has 0 aliphatic carbocycles. The van der Waals surface area contributed by atoms with Crippen LogP contribution in [-0.2, 0) is 20.9 Å². The minimum absolute atomic E-state index is 0.333. The second-order valence-corrected chi connectivity index (χ2v) is 6.27. The summed E-state index contributed by atoms with van der Waals surface area (Å²) in [6.45, 7) is 5.98. The Kier molecular flexibility index (Phi) is 5.01. The van der Waals surface area contributed by atoms with Gasteiger partial charge in [0.1, 0.15) is 0 Å². The van der Waals surface area contributed by atoms with Crippen LogP contribution in [0.25, 0.3) is 10.8 Å². The average Bonchev–Trinajstić information content (AvgIpc) is 2.51. The normalized spacial score (nSPS) is 11.3. The summed E-state index contributed by atoms with van der Waals surface area (Å²) in [4.78, 5) is 28.4. The molecule has 122 valence electrons. The maximum atomic E-state index is 11.6. The molecule has 0 atom stereocenters. The van der Waals surface area contributed by atoms with Crippen LogP contribution in [0.4, 0.5) is 0 Å². The van der Waals surface area contributed by atoms with E-state index >= 15 is 0 Å². The molecule has 0 heterocycles. The Morgan fingerprint density at radius 1 is 1.13 bits per heavy atom. The van der Waals surface area contributed by atoms with Gasteiger partial charge in [-0.3, -0.25) is 9.63 Å². The van der Waals surface area contributed by atoms with Crippen molar-refractivity contribution >= 4 is 23.2 Å². The summed E-state index contributed by atoms with van der Waals surface area (Å²) in [6.07, 6.45) is 0.667. The summed E-state index contributed by atoms with van der Waals surface area (Å²) >= 11 is 0. The molecule has 0 radical (unpaired) electrons. The summed E-state index contributed by atoms with van der Waals surface area (Å²) in [6, 6.07) is 11.2.